The Hall–Kier alpha value is -2.94. The van der Waals surface area contributed by atoms with Gasteiger partial charge in [-0.05, 0) is 24.3 Å². The Morgan fingerprint density at radius 1 is 1.00 bits per heavy atom. The van der Waals surface area contributed by atoms with E-state index in [4.69, 9.17) is 0 Å². The monoisotopic (exact) mass is 389 g/mol. The fraction of sp³-hybridized carbons (Fsp3) is 0.278. The lowest BCUT2D eigenvalue weighted by atomic mass is 10.1. The van der Waals surface area contributed by atoms with E-state index in [0.717, 1.165) is 11.9 Å². The van der Waals surface area contributed by atoms with Gasteiger partial charge in [-0.1, -0.05) is 12.1 Å². The molecule has 0 atom stereocenters. The highest BCUT2D eigenvalue weighted by Crippen LogP contribution is 2.22. The molecular weight excluding hydrogens is 370 g/mol. The number of piperazine rings is 1. The zero-order valence-electron chi connectivity index (χ0n) is 14.7. The molecule has 2 aromatic rings. The third-order valence-corrected chi connectivity index (χ3v) is 5.66. The van der Waals surface area contributed by atoms with Gasteiger partial charge in [-0.3, -0.25) is 14.9 Å². The normalized spacial score (nSPS) is 14.9. The molecule has 1 aliphatic rings. The van der Waals surface area contributed by atoms with E-state index >= 15 is 0 Å². The summed E-state index contributed by atoms with van der Waals surface area (Å²) in [6.45, 7) is 2.00. The Kier molecular flexibility index (Phi) is 5.13. The van der Waals surface area contributed by atoms with E-state index < -0.39 is 14.8 Å². The molecule has 0 spiro atoms. The van der Waals surface area contributed by atoms with Crippen molar-refractivity contribution in [2.24, 2.45) is 0 Å². The number of nitro groups is 1. The lowest BCUT2D eigenvalue weighted by Gasteiger charge is -2.36. The topological polar surface area (TPSA) is 101 Å². The van der Waals surface area contributed by atoms with Crippen LogP contribution in [0.1, 0.15) is 10.4 Å². The summed E-state index contributed by atoms with van der Waals surface area (Å²) in [6, 6.07) is 12.5. The van der Waals surface area contributed by atoms with Crippen LogP contribution in [0.3, 0.4) is 0 Å². The first kappa shape index (κ1) is 18.8. The van der Waals surface area contributed by atoms with Gasteiger partial charge in [0.1, 0.15) is 0 Å². The van der Waals surface area contributed by atoms with Crippen LogP contribution >= 0.6 is 0 Å². The molecule has 3 rings (SSSR count). The predicted molar refractivity (Wildman–Crippen MR) is 101 cm³/mol. The summed E-state index contributed by atoms with van der Waals surface area (Å²) in [5.41, 5.74) is 1.07. The highest BCUT2D eigenvalue weighted by Gasteiger charge is 2.26. The standard InChI is InChI=1S/C18H19N3O5S/c1-27(25,26)17-5-3-2-4-16(17)18(22)20-12-10-19(11-13-20)14-6-8-15(9-7-14)21(23)24/h2-9H,10-13H2,1H3. The molecule has 1 fully saturated rings. The zero-order valence-corrected chi connectivity index (χ0v) is 15.6. The van der Waals surface area contributed by atoms with E-state index in [1.807, 2.05) is 4.90 Å². The quantitative estimate of drug-likeness (QED) is 0.585. The molecular formula is C18H19N3O5S. The molecule has 0 N–H and O–H groups in total. The molecule has 1 heterocycles. The molecule has 2 aromatic carbocycles. The van der Waals surface area contributed by atoms with Gasteiger partial charge in [-0.2, -0.15) is 0 Å². The maximum absolute atomic E-state index is 12.8. The van der Waals surface area contributed by atoms with Gasteiger partial charge in [0, 0.05) is 50.3 Å². The lowest BCUT2D eigenvalue weighted by molar-refractivity contribution is -0.384. The minimum Gasteiger partial charge on any atom is -0.368 e. The van der Waals surface area contributed by atoms with Crippen LogP contribution in [0.2, 0.25) is 0 Å². The van der Waals surface area contributed by atoms with Crippen molar-refractivity contribution < 1.29 is 18.1 Å². The van der Waals surface area contributed by atoms with Crippen LogP contribution in [0.4, 0.5) is 11.4 Å². The number of nitrogens with zero attached hydrogens (tertiary/aromatic N) is 3. The third-order valence-electron chi connectivity index (χ3n) is 4.51. The summed E-state index contributed by atoms with van der Waals surface area (Å²) in [5, 5.41) is 10.7. The number of non-ortho nitro benzene ring substituents is 1. The second kappa shape index (κ2) is 7.36. The molecule has 0 unspecified atom stereocenters. The lowest BCUT2D eigenvalue weighted by Crippen LogP contribution is -2.49. The molecule has 142 valence electrons. The number of sulfone groups is 1. The van der Waals surface area contributed by atoms with E-state index in [1.54, 1.807) is 29.2 Å². The van der Waals surface area contributed by atoms with Crippen molar-refractivity contribution in [1.82, 2.24) is 4.90 Å². The maximum atomic E-state index is 12.8. The van der Waals surface area contributed by atoms with Crippen LogP contribution in [0.25, 0.3) is 0 Å². The van der Waals surface area contributed by atoms with Crippen LogP contribution in [0.5, 0.6) is 0 Å². The molecule has 0 radical (unpaired) electrons. The van der Waals surface area contributed by atoms with Crippen molar-refractivity contribution in [3.8, 4) is 0 Å². The van der Waals surface area contributed by atoms with E-state index in [0.29, 0.717) is 26.2 Å². The summed E-state index contributed by atoms with van der Waals surface area (Å²) in [4.78, 5) is 26.8. The molecule has 1 amide bonds. The summed E-state index contributed by atoms with van der Waals surface area (Å²) >= 11 is 0. The molecule has 9 heteroatoms. The molecule has 8 nitrogen and oxygen atoms in total. The van der Waals surface area contributed by atoms with E-state index in [2.05, 4.69) is 0 Å². The van der Waals surface area contributed by atoms with Gasteiger partial charge in [0.15, 0.2) is 9.84 Å². The highest BCUT2D eigenvalue weighted by atomic mass is 32.2. The Morgan fingerprint density at radius 2 is 1.59 bits per heavy atom. The fourth-order valence-corrected chi connectivity index (χ4v) is 3.97. The summed E-state index contributed by atoms with van der Waals surface area (Å²) in [6.07, 6.45) is 1.09. The number of hydrogen-bond acceptors (Lipinski definition) is 6. The molecule has 0 aliphatic carbocycles. The Balaban J connectivity index is 1.71. The predicted octanol–water partition coefficient (Wildman–Crippen LogP) is 1.96. The van der Waals surface area contributed by atoms with Crippen LogP contribution < -0.4 is 4.90 Å². The molecule has 0 bridgehead atoms. The summed E-state index contributed by atoms with van der Waals surface area (Å²) in [7, 11) is -3.49. The van der Waals surface area contributed by atoms with Gasteiger partial charge < -0.3 is 9.80 Å². The van der Waals surface area contributed by atoms with E-state index in [-0.39, 0.29) is 22.1 Å². The first-order chi connectivity index (χ1) is 12.8. The minimum atomic E-state index is -3.49. The number of amides is 1. The Bertz CT molecular complexity index is 965. The number of nitro benzene ring substituents is 1. The van der Waals surface area contributed by atoms with Crippen molar-refractivity contribution in [1.29, 1.82) is 0 Å². The van der Waals surface area contributed by atoms with Crippen molar-refractivity contribution in [2.75, 3.05) is 37.3 Å². The minimum absolute atomic E-state index is 0.0324. The average Bonchev–Trinajstić information content (AvgIpc) is 2.67. The largest absolute Gasteiger partial charge is 0.368 e. The molecule has 1 aliphatic heterocycles. The van der Waals surface area contributed by atoms with Gasteiger partial charge in [0.05, 0.1) is 15.4 Å². The molecule has 27 heavy (non-hydrogen) atoms. The smallest absolute Gasteiger partial charge is 0.269 e. The SMILES string of the molecule is CS(=O)(=O)c1ccccc1C(=O)N1CCN(c2ccc([N+](=O)[O-])cc2)CC1. The van der Waals surface area contributed by atoms with Gasteiger partial charge >= 0.3 is 0 Å². The molecule has 1 saturated heterocycles. The van der Waals surface area contributed by atoms with Crippen LogP contribution in [0, 0.1) is 10.1 Å². The number of rotatable bonds is 4. The van der Waals surface area contributed by atoms with Crippen molar-refractivity contribution in [3.63, 3.8) is 0 Å². The highest BCUT2D eigenvalue weighted by molar-refractivity contribution is 7.90. The van der Waals surface area contributed by atoms with Crippen LogP contribution in [0.15, 0.2) is 53.4 Å². The van der Waals surface area contributed by atoms with Gasteiger partial charge in [-0.15, -0.1) is 0 Å². The third kappa shape index (κ3) is 4.08. The van der Waals surface area contributed by atoms with E-state index in [9.17, 15) is 23.3 Å². The summed E-state index contributed by atoms with van der Waals surface area (Å²) in [5.74, 6) is -0.306. The zero-order chi connectivity index (χ0) is 19.6. The molecule has 0 saturated carbocycles. The number of carbonyl (C=O) groups is 1. The number of benzene rings is 2. The van der Waals surface area contributed by atoms with Crippen LogP contribution in [-0.4, -0.2) is 56.6 Å². The van der Waals surface area contributed by atoms with Crippen molar-refractivity contribution >= 4 is 27.1 Å². The Labute approximate surface area is 157 Å². The van der Waals surface area contributed by atoms with E-state index in [1.165, 1.54) is 24.3 Å². The average molecular weight is 389 g/mol. The second-order valence-corrected chi connectivity index (χ2v) is 8.31. The van der Waals surface area contributed by atoms with Gasteiger partial charge in [0.25, 0.3) is 11.6 Å². The molecule has 0 aromatic heterocycles. The maximum Gasteiger partial charge on any atom is 0.269 e. The number of hydrogen-bond donors (Lipinski definition) is 0. The first-order valence-electron chi connectivity index (χ1n) is 8.35. The fourth-order valence-electron chi connectivity index (χ4n) is 3.09. The van der Waals surface area contributed by atoms with Gasteiger partial charge in [0.2, 0.25) is 0 Å². The van der Waals surface area contributed by atoms with Crippen molar-refractivity contribution in [2.45, 2.75) is 4.90 Å². The summed E-state index contributed by atoms with van der Waals surface area (Å²) < 4.78 is 23.9. The Morgan fingerprint density at radius 3 is 2.15 bits per heavy atom. The van der Waals surface area contributed by atoms with Crippen LogP contribution in [-0.2, 0) is 9.84 Å². The van der Waals surface area contributed by atoms with Gasteiger partial charge in [-0.25, -0.2) is 8.42 Å². The first-order valence-corrected chi connectivity index (χ1v) is 10.2. The van der Waals surface area contributed by atoms with Crippen molar-refractivity contribution in [3.05, 3.63) is 64.2 Å². The number of carbonyl (C=O) groups excluding carboxylic acids is 1. The second-order valence-electron chi connectivity index (χ2n) is 6.32. The number of anilines is 1.